The van der Waals surface area contributed by atoms with Crippen molar-refractivity contribution in [1.82, 2.24) is 0 Å². The van der Waals surface area contributed by atoms with Crippen LogP contribution >= 0.6 is 0 Å². The molecule has 0 unspecified atom stereocenters. The van der Waals surface area contributed by atoms with Crippen LogP contribution in [0, 0.1) is 5.82 Å². The maximum Gasteiger partial charge on any atom is 0.151 e. The first-order valence-electron chi connectivity index (χ1n) is 4.49. The molecule has 0 aliphatic carbocycles. The monoisotopic (exact) mass is 197 g/mol. The molecule has 2 N–H and O–H groups in total. The highest BCUT2D eigenvalue weighted by Gasteiger charge is 2.19. The van der Waals surface area contributed by atoms with Gasteiger partial charge in [-0.2, -0.15) is 0 Å². The molecule has 76 valence electrons. The topological polar surface area (TPSA) is 44.5 Å². The Bertz CT molecular complexity index is 326. The van der Waals surface area contributed by atoms with Crippen LogP contribution in [0.15, 0.2) is 18.2 Å². The molecule has 4 heteroatoms. The first-order valence-corrected chi connectivity index (χ1v) is 4.49. The average molecular weight is 197 g/mol. The van der Waals surface area contributed by atoms with Gasteiger partial charge in [-0.15, -0.1) is 0 Å². The molecule has 3 nitrogen and oxygen atoms in total. The van der Waals surface area contributed by atoms with E-state index in [4.69, 9.17) is 15.2 Å². The van der Waals surface area contributed by atoms with Gasteiger partial charge < -0.3 is 15.2 Å². The van der Waals surface area contributed by atoms with Gasteiger partial charge >= 0.3 is 0 Å². The summed E-state index contributed by atoms with van der Waals surface area (Å²) in [5, 5.41) is 0. The SMILES string of the molecule is Nc1cccc(COC2COC2)c1F. The van der Waals surface area contributed by atoms with Crippen LogP contribution < -0.4 is 5.73 Å². The van der Waals surface area contributed by atoms with Gasteiger partial charge in [0, 0.05) is 5.56 Å². The lowest BCUT2D eigenvalue weighted by molar-refractivity contribution is -0.135. The van der Waals surface area contributed by atoms with E-state index in [1.165, 1.54) is 6.07 Å². The maximum absolute atomic E-state index is 13.3. The summed E-state index contributed by atoms with van der Waals surface area (Å²) in [4.78, 5) is 0. The molecule has 0 saturated carbocycles. The maximum atomic E-state index is 13.3. The van der Waals surface area contributed by atoms with E-state index in [1.807, 2.05) is 0 Å². The minimum absolute atomic E-state index is 0.107. The number of anilines is 1. The van der Waals surface area contributed by atoms with Crippen LogP contribution in [-0.2, 0) is 16.1 Å². The third-order valence-corrected chi connectivity index (χ3v) is 2.19. The van der Waals surface area contributed by atoms with Crippen molar-refractivity contribution >= 4 is 5.69 Å². The largest absolute Gasteiger partial charge is 0.396 e. The zero-order valence-electron chi connectivity index (χ0n) is 7.70. The second-order valence-electron chi connectivity index (χ2n) is 3.29. The lowest BCUT2D eigenvalue weighted by atomic mass is 10.2. The third kappa shape index (κ3) is 1.86. The number of nitrogen functional groups attached to an aromatic ring is 1. The summed E-state index contributed by atoms with van der Waals surface area (Å²) in [6.45, 7) is 1.46. The number of nitrogens with two attached hydrogens (primary N) is 1. The number of hydrogen-bond donors (Lipinski definition) is 1. The van der Waals surface area contributed by atoms with Crippen molar-refractivity contribution in [2.75, 3.05) is 18.9 Å². The molecule has 0 spiro atoms. The summed E-state index contributed by atoms with van der Waals surface area (Å²) in [6, 6.07) is 4.92. The highest BCUT2D eigenvalue weighted by atomic mass is 19.1. The van der Waals surface area contributed by atoms with Crippen LogP contribution in [0.25, 0.3) is 0 Å². The molecule has 0 bridgehead atoms. The fraction of sp³-hybridized carbons (Fsp3) is 0.400. The van der Waals surface area contributed by atoms with Crippen LogP contribution in [-0.4, -0.2) is 19.3 Å². The quantitative estimate of drug-likeness (QED) is 0.743. The van der Waals surface area contributed by atoms with E-state index in [9.17, 15) is 4.39 Å². The van der Waals surface area contributed by atoms with E-state index < -0.39 is 0 Å². The van der Waals surface area contributed by atoms with Gasteiger partial charge in [-0.1, -0.05) is 12.1 Å². The average Bonchev–Trinajstić information content (AvgIpc) is 2.09. The van der Waals surface area contributed by atoms with E-state index >= 15 is 0 Å². The Morgan fingerprint density at radius 1 is 1.50 bits per heavy atom. The predicted molar refractivity (Wildman–Crippen MR) is 50.2 cm³/mol. The number of ether oxygens (including phenoxy) is 2. The van der Waals surface area contributed by atoms with E-state index in [-0.39, 0.29) is 24.2 Å². The summed E-state index contributed by atoms with van der Waals surface area (Å²) in [5.74, 6) is -0.382. The molecule has 1 aliphatic heterocycles. The van der Waals surface area contributed by atoms with Crippen LogP contribution in [0.3, 0.4) is 0 Å². The summed E-state index contributed by atoms with van der Waals surface area (Å²) >= 11 is 0. The van der Waals surface area contributed by atoms with Gasteiger partial charge in [0.25, 0.3) is 0 Å². The molecule has 1 aromatic rings. The highest BCUT2D eigenvalue weighted by molar-refractivity contribution is 5.42. The summed E-state index contributed by atoms with van der Waals surface area (Å²) in [5.41, 5.74) is 6.08. The zero-order chi connectivity index (χ0) is 9.97. The second-order valence-corrected chi connectivity index (χ2v) is 3.29. The van der Waals surface area contributed by atoms with Crippen molar-refractivity contribution in [3.63, 3.8) is 0 Å². The second kappa shape index (κ2) is 3.94. The Morgan fingerprint density at radius 2 is 2.29 bits per heavy atom. The molecule has 2 rings (SSSR count). The van der Waals surface area contributed by atoms with Gasteiger partial charge in [0.2, 0.25) is 0 Å². The Hall–Kier alpha value is -1.13. The van der Waals surface area contributed by atoms with Crippen molar-refractivity contribution in [2.45, 2.75) is 12.7 Å². The van der Waals surface area contributed by atoms with Crippen molar-refractivity contribution in [1.29, 1.82) is 0 Å². The zero-order valence-corrected chi connectivity index (χ0v) is 7.70. The van der Waals surface area contributed by atoms with Gasteiger partial charge in [-0.25, -0.2) is 4.39 Å². The van der Waals surface area contributed by atoms with E-state index in [0.717, 1.165) is 0 Å². The first-order chi connectivity index (χ1) is 6.77. The molecule has 1 saturated heterocycles. The van der Waals surface area contributed by atoms with Crippen molar-refractivity contribution < 1.29 is 13.9 Å². The van der Waals surface area contributed by atoms with Crippen molar-refractivity contribution in [2.24, 2.45) is 0 Å². The van der Waals surface area contributed by atoms with Gasteiger partial charge in [0.05, 0.1) is 25.5 Å². The number of halogens is 1. The summed E-state index contributed by atoms with van der Waals surface area (Å²) in [6.07, 6.45) is 0.107. The standard InChI is InChI=1S/C10H12FNO2/c11-10-7(2-1-3-9(10)12)4-14-8-5-13-6-8/h1-3,8H,4-6,12H2. The van der Waals surface area contributed by atoms with Gasteiger partial charge in [0.1, 0.15) is 6.10 Å². The van der Waals surface area contributed by atoms with Gasteiger partial charge in [-0.05, 0) is 6.07 Å². The number of benzene rings is 1. The Labute approximate surface area is 81.6 Å². The highest BCUT2D eigenvalue weighted by Crippen LogP contribution is 2.17. The Kier molecular flexibility index (Phi) is 2.65. The van der Waals surface area contributed by atoms with Crippen LogP contribution in [0.4, 0.5) is 10.1 Å². The Balaban J connectivity index is 1.97. The summed E-state index contributed by atoms with van der Waals surface area (Å²) < 4.78 is 23.7. The van der Waals surface area contributed by atoms with E-state index in [2.05, 4.69) is 0 Å². The Morgan fingerprint density at radius 3 is 2.93 bits per heavy atom. The van der Waals surface area contributed by atoms with E-state index in [1.54, 1.807) is 12.1 Å². The molecule has 0 aromatic heterocycles. The fourth-order valence-electron chi connectivity index (χ4n) is 1.23. The van der Waals surface area contributed by atoms with Gasteiger partial charge in [0.15, 0.2) is 5.82 Å². The van der Waals surface area contributed by atoms with E-state index in [0.29, 0.717) is 18.8 Å². The molecular weight excluding hydrogens is 185 g/mol. The van der Waals surface area contributed by atoms with Gasteiger partial charge in [-0.3, -0.25) is 0 Å². The molecule has 1 aromatic carbocycles. The number of hydrogen-bond acceptors (Lipinski definition) is 3. The van der Waals surface area contributed by atoms with Crippen molar-refractivity contribution in [3.05, 3.63) is 29.6 Å². The smallest absolute Gasteiger partial charge is 0.151 e. The first kappa shape index (κ1) is 9.43. The lowest BCUT2D eigenvalue weighted by Gasteiger charge is -2.26. The molecule has 1 fully saturated rings. The molecule has 0 amide bonds. The minimum Gasteiger partial charge on any atom is -0.396 e. The lowest BCUT2D eigenvalue weighted by Crippen LogP contribution is -2.35. The minimum atomic E-state index is -0.382. The third-order valence-electron chi connectivity index (χ3n) is 2.19. The molecular formula is C10H12FNO2. The molecule has 0 atom stereocenters. The molecule has 1 heterocycles. The van der Waals surface area contributed by atoms with Crippen molar-refractivity contribution in [3.8, 4) is 0 Å². The normalized spacial score (nSPS) is 16.6. The van der Waals surface area contributed by atoms with Crippen LogP contribution in [0.5, 0.6) is 0 Å². The number of rotatable bonds is 3. The molecule has 0 radical (unpaired) electrons. The fourth-order valence-corrected chi connectivity index (χ4v) is 1.23. The van der Waals surface area contributed by atoms with Crippen LogP contribution in [0.1, 0.15) is 5.56 Å². The predicted octanol–water partition coefficient (Wildman–Crippen LogP) is 1.32. The summed E-state index contributed by atoms with van der Waals surface area (Å²) in [7, 11) is 0. The molecule has 14 heavy (non-hydrogen) atoms. The van der Waals surface area contributed by atoms with Crippen LogP contribution in [0.2, 0.25) is 0 Å². The molecule has 1 aliphatic rings.